The zero-order valence-corrected chi connectivity index (χ0v) is 20.5. The summed E-state index contributed by atoms with van der Waals surface area (Å²) in [6, 6.07) is 18.1. The molecule has 0 spiro atoms. The van der Waals surface area contributed by atoms with Crippen LogP contribution in [0.5, 0.6) is 11.5 Å². The van der Waals surface area contributed by atoms with Gasteiger partial charge in [0, 0.05) is 6.54 Å². The topological polar surface area (TPSA) is 69.0 Å². The van der Waals surface area contributed by atoms with Crippen molar-refractivity contribution in [3.8, 4) is 11.5 Å². The molecule has 1 aliphatic heterocycles. The minimum Gasteiger partial charge on any atom is -0.497 e. The number of aryl methyl sites for hydroxylation is 2. The first kappa shape index (κ1) is 23.4. The van der Waals surface area contributed by atoms with E-state index in [1.54, 1.807) is 18.1 Å². The lowest BCUT2D eigenvalue weighted by molar-refractivity contribution is 0.0714. The molecule has 0 bridgehead atoms. The average molecular weight is 482 g/mol. The SMILES string of the molecule is C=CCOc1ccc(C2c3c(oc4cc(C)c(C)cc4c3=O)C(=O)N2Cc2ccc(OC)cc2)cc1. The van der Waals surface area contributed by atoms with E-state index in [1.165, 1.54) is 0 Å². The van der Waals surface area contributed by atoms with E-state index < -0.39 is 6.04 Å². The quantitative estimate of drug-likeness (QED) is 0.316. The van der Waals surface area contributed by atoms with Crippen LogP contribution < -0.4 is 14.9 Å². The Kier molecular flexibility index (Phi) is 6.10. The third-order valence-corrected chi connectivity index (χ3v) is 6.66. The molecule has 1 atom stereocenters. The van der Waals surface area contributed by atoms with Gasteiger partial charge < -0.3 is 18.8 Å². The van der Waals surface area contributed by atoms with Gasteiger partial charge in [0.25, 0.3) is 5.91 Å². The highest BCUT2D eigenvalue weighted by Crippen LogP contribution is 2.40. The molecule has 6 nitrogen and oxygen atoms in total. The molecule has 0 radical (unpaired) electrons. The number of methoxy groups -OCH3 is 1. The molecule has 1 amide bonds. The Bertz CT molecular complexity index is 1520. The van der Waals surface area contributed by atoms with Crippen LogP contribution in [0.25, 0.3) is 11.0 Å². The Morgan fingerprint density at radius 3 is 2.31 bits per heavy atom. The van der Waals surface area contributed by atoms with E-state index in [0.717, 1.165) is 28.0 Å². The van der Waals surface area contributed by atoms with Gasteiger partial charge >= 0.3 is 0 Å². The highest BCUT2D eigenvalue weighted by atomic mass is 16.5. The van der Waals surface area contributed by atoms with Crippen LogP contribution in [0.15, 0.2) is 82.5 Å². The van der Waals surface area contributed by atoms with E-state index in [4.69, 9.17) is 13.9 Å². The molecule has 2 heterocycles. The van der Waals surface area contributed by atoms with Crippen molar-refractivity contribution in [1.29, 1.82) is 0 Å². The second-order valence-electron chi connectivity index (χ2n) is 8.96. The Morgan fingerprint density at radius 1 is 0.972 bits per heavy atom. The maximum absolute atomic E-state index is 13.8. The van der Waals surface area contributed by atoms with Crippen LogP contribution in [-0.2, 0) is 6.54 Å². The van der Waals surface area contributed by atoms with E-state index in [9.17, 15) is 9.59 Å². The summed E-state index contributed by atoms with van der Waals surface area (Å²) in [6.45, 7) is 8.29. The lowest BCUT2D eigenvalue weighted by atomic mass is 9.97. The minimum atomic E-state index is -0.592. The molecular formula is C30H27NO5. The lowest BCUT2D eigenvalue weighted by Crippen LogP contribution is -2.29. The summed E-state index contributed by atoms with van der Waals surface area (Å²) in [5.41, 5.74) is 4.32. The molecule has 1 unspecified atom stereocenters. The van der Waals surface area contributed by atoms with Crippen LogP contribution in [0.2, 0.25) is 0 Å². The highest BCUT2D eigenvalue weighted by molar-refractivity contribution is 5.99. The van der Waals surface area contributed by atoms with E-state index >= 15 is 0 Å². The normalized spacial score (nSPS) is 14.7. The number of ether oxygens (including phenoxy) is 2. The molecule has 0 saturated carbocycles. The van der Waals surface area contributed by atoms with Crippen molar-refractivity contribution in [2.45, 2.75) is 26.4 Å². The van der Waals surface area contributed by atoms with Crippen molar-refractivity contribution in [3.05, 3.63) is 117 Å². The van der Waals surface area contributed by atoms with E-state index in [1.807, 2.05) is 74.5 Å². The van der Waals surface area contributed by atoms with Crippen molar-refractivity contribution >= 4 is 16.9 Å². The summed E-state index contributed by atoms with van der Waals surface area (Å²) in [5, 5.41) is 0.479. The van der Waals surface area contributed by atoms with Gasteiger partial charge in [0.05, 0.1) is 24.1 Å². The Labute approximate surface area is 209 Å². The number of fused-ring (bicyclic) bond motifs is 2. The van der Waals surface area contributed by atoms with Gasteiger partial charge in [-0.3, -0.25) is 9.59 Å². The van der Waals surface area contributed by atoms with Crippen LogP contribution >= 0.6 is 0 Å². The number of hydrogen-bond acceptors (Lipinski definition) is 5. The van der Waals surface area contributed by atoms with E-state index in [0.29, 0.717) is 35.4 Å². The van der Waals surface area contributed by atoms with E-state index in [-0.39, 0.29) is 17.1 Å². The summed E-state index contributed by atoms with van der Waals surface area (Å²) < 4.78 is 17.0. The fourth-order valence-electron chi connectivity index (χ4n) is 4.61. The second kappa shape index (κ2) is 9.38. The summed E-state index contributed by atoms with van der Waals surface area (Å²) in [4.78, 5) is 29.2. The summed E-state index contributed by atoms with van der Waals surface area (Å²) in [6.07, 6.45) is 1.68. The van der Waals surface area contributed by atoms with Crippen molar-refractivity contribution in [2.24, 2.45) is 0 Å². The summed E-state index contributed by atoms with van der Waals surface area (Å²) in [7, 11) is 1.61. The van der Waals surface area contributed by atoms with Crippen molar-refractivity contribution in [2.75, 3.05) is 13.7 Å². The first-order valence-electron chi connectivity index (χ1n) is 11.8. The predicted molar refractivity (Wildman–Crippen MR) is 139 cm³/mol. The zero-order valence-electron chi connectivity index (χ0n) is 20.5. The van der Waals surface area contributed by atoms with Gasteiger partial charge in [-0.25, -0.2) is 0 Å². The molecule has 1 aromatic heterocycles. The maximum atomic E-state index is 13.8. The van der Waals surface area contributed by atoms with Crippen molar-refractivity contribution in [1.82, 2.24) is 4.90 Å². The molecule has 1 aliphatic rings. The molecule has 3 aromatic carbocycles. The zero-order chi connectivity index (χ0) is 25.4. The van der Waals surface area contributed by atoms with Gasteiger partial charge in [-0.1, -0.05) is 36.9 Å². The number of nitrogens with zero attached hydrogens (tertiary/aromatic N) is 1. The first-order chi connectivity index (χ1) is 17.4. The van der Waals surface area contributed by atoms with Gasteiger partial charge in [-0.2, -0.15) is 0 Å². The lowest BCUT2D eigenvalue weighted by Gasteiger charge is -2.25. The molecule has 5 rings (SSSR count). The van der Waals surface area contributed by atoms with Crippen LogP contribution in [0.3, 0.4) is 0 Å². The molecule has 6 heteroatoms. The van der Waals surface area contributed by atoms with Gasteiger partial charge in [-0.05, 0) is 72.5 Å². The third-order valence-electron chi connectivity index (χ3n) is 6.66. The molecule has 0 aliphatic carbocycles. The average Bonchev–Trinajstić information content (AvgIpc) is 3.16. The number of amides is 1. The molecule has 0 N–H and O–H groups in total. The number of carbonyl (C=O) groups excluding carboxylic acids is 1. The largest absolute Gasteiger partial charge is 0.497 e. The molecule has 36 heavy (non-hydrogen) atoms. The molecule has 182 valence electrons. The minimum absolute atomic E-state index is 0.0984. The van der Waals surface area contributed by atoms with Crippen LogP contribution in [-0.4, -0.2) is 24.5 Å². The molecular weight excluding hydrogens is 454 g/mol. The fourth-order valence-corrected chi connectivity index (χ4v) is 4.61. The number of rotatable bonds is 7. The van der Waals surface area contributed by atoms with Gasteiger partial charge in [0.15, 0.2) is 5.43 Å². The van der Waals surface area contributed by atoms with Gasteiger partial charge in [0.1, 0.15) is 23.7 Å². The second-order valence-corrected chi connectivity index (χ2v) is 8.96. The monoisotopic (exact) mass is 481 g/mol. The Balaban J connectivity index is 1.65. The van der Waals surface area contributed by atoms with Gasteiger partial charge in [0.2, 0.25) is 5.76 Å². The third kappa shape index (κ3) is 4.05. The Morgan fingerprint density at radius 2 is 1.64 bits per heavy atom. The summed E-state index contributed by atoms with van der Waals surface area (Å²) >= 11 is 0. The molecule has 4 aromatic rings. The number of carbonyl (C=O) groups is 1. The smallest absolute Gasteiger partial charge is 0.291 e. The van der Waals surface area contributed by atoms with Gasteiger partial charge in [-0.15, -0.1) is 0 Å². The number of hydrogen-bond donors (Lipinski definition) is 0. The standard InChI is InChI=1S/C30H27NO5/c1-5-14-35-23-12-8-21(9-13-23)27-26-28(32)24-15-18(2)19(3)16-25(24)36-29(26)30(33)31(27)17-20-6-10-22(34-4)11-7-20/h5-13,15-16,27H,1,14,17H2,2-4H3. The summed E-state index contributed by atoms with van der Waals surface area (Å²) in [5.74, 6) is 1.20. The highest BCUT2D eigenvalue weighted by Gasteiger charge is 2.42. The molecule has 0 fully saturated rings. The Hall–Kier alpha value is -4.32. The molecule has 0 saturated heterocycles. The predicted octanol–water partition coefficient (Wildman–Crippen LogP) is 5.73. The van der Waals surface area contributed by atoms with E-state index in [2.05, 4.69) is 6.58 Å². The van der Waals surface area contributed by atoms with Crippen LogP contribution in [0.4, 0.5) is 0 Å². The van der Waals surface area contributed by atoms with Crippen LogP contribution in [0, 0.1) is 13.8 Å². The van der Waals surface area contributed by atoms with Crippen molar-refractivity contribution in [3.63, 3.8) is 0 Å². The number of benzene rings is 3. The first-order valence-corrected chi connectivity index (χ1v) is 11.8. The maximum Gasteiger partial charge on any atom is 0.291 e. The van der Waals surface area contributed by atoms with Crippen LogP contribution in [0.1, 0.15) is 44.4 Å². The fraction of sp³-hybridized carbons (Fsp3) is 0.200. The van der Waals surface area contributed by atoms with Crippen molar-refractivity contribution < 1.29 is 18.7 Å².